The van der Waals surface area contributed by atoms with Crippen molar-refractivity contribution in [3.8, 4) is 11.1 Å². The maximum absolute atomic E-state index is 5.94. The van der Waals surface area contributed by atoms with Crippen LogP contribution in [-0.2, 0) is 0 Å². The quantitative estimate of drug-likeness (QED) is 0.475. The predicted molar refractivity (Wildman–Crippen MR) is 87.3 cm³/mol. The Labute approximate surface area is 118 Å². The van der Waals surface area contributed by atoms with E-state index in [0.717, 1.165) is 11.2 Å². The van der Waals surface area contributed by atoms with Crippen LogP contribution in [0.1, 0.15) is 0 Å². The lowest BCUT2D eigenvalue weighted by molar-refractivity contribution is 0.669. The Morgan fingerprint density at radius 1 is 0.650 bits per heavy atom. The van der Waals surface area contributed by atoms with E-state index in [1.807, 2.05) is 18.2 Å². The fourth-order valence-corrected chi connectivity index (χ4v) is 2.65. The van der Waals surface area contributed by atoms with Crippen molar-refractivity contribution in [2.24, 2.45) is 0 Å². The molecule has 0 aliphatic rings. The van der Waals surface area contributed by atoms with Crippen LogP contribution in [-0.4, -0.2) is 7.85 Å². The van der Waals surface area contributed by atoms with Crippen molar-refractivity contribution in [3.05, 3.63) is 66.7 Å². The highest BCUT2D eigenvalue weighted by Crippen LogP contribution is 2.31. The number of rotatable bonds is 1. The van der Waals surface area contributed by atoms with Gasteiger partial charge in [0.2, 0.25) is 0 Å². The average Bonchev–Trinajstić information content (AvgIpc) is 2.85. The van der Waals surface area contributed by atoms with Gasteiger partial charge in [0, 0.05) is 10.8 Å². The fourth-order valence-electron chi connectivity index (χ4n) is 2.65. The minimum Gasteiger partial charge on any atom is -0.456 e. The third kappa shape index (κ3) is 1.73. The van der Waals surface area contributed by atoms with Gasteiger partial charge in [-0.3, -0.25) is 0 Å². The lowest BCUT2D eigenvalue weighted by Crippen LogP contribution is -1.98. The Kier molecular flexibility index (Phi) is 2.43. The third-order valence-corrected chi connectivity index (χ3v) is 3.76. The molecule has 2 heteroatoms. The SMILES string of the molecule is Bc1ccc(-c2ccc3c(c2)oc2ccccc23)cc1. The van der Waals surface area contributed by atoms with Crippen LogP contribution in [0.3, 0.4) is 0 Å². The molecule has 1 heterocycles. The molecule has 0 saturated heterocycles. The van der Waals surface area contributed by atoms with Crippen LogP contribution in [0.4, 0.5) is 0 Å². The first-order valence-corrected chi connectivity index (χ1v) is 6.79. The molecule has 0 aliphatic heterocycles. The van der Waals surface area contributed by atoms with Gasteiger partial charge in [-0.2, -0.15) is 0 Å². The molecule has 0 unspecified atom stereocenters. The highest BCUT2D eigenvalue weighted by atomic mass is 16.3. The van der Waals surface area contributed by atoms with Crippen molar-refractivity contribution in [3.63, 3.8) is 0 Å². The van der Waals surface area contributed by atoms with Crippen LogP contribution in [0, 0.1) is 0 Å². The second kappa shape index (κ2) is 4.27. The molecule has 0 bridgehead atoms. The maximum Gasteiger partial charge on any atom is 0.139 e. The molecule has 0 spiro atoms. The Morgan fingerprint density at radius 3 is 2.20 bits per heavy atom. The zero-order valence-corrected chi connectivity index (χ0v) is 11.3. The summed E-state index contributed by atoms with van der Waals surface area (Å²) in [7, 11) is 2.10. The van der Waals surface area contributed by atoms with Gasteiger partial charge in [-0.15, -0.1) is 0 Å². The van der Waals surface area contributed by atoms with Gasteiger partial charge < -0.3 is 4.42 Å². The Balaban J connectivity index is 1.94. The Bertz CT molecular complexity index is 904. The van der Waals surface area contributed by atoms with Crippen LogP contribution in [0.5, 0.6) is 0 Å². The first-order chi connectivity index (χ1) is 9.81. The van der Waals surface area contributed by atoms with Crippen molar-refractivity contribution in [1.82, 2.24) is 0 Å². The lowest BCUT2D eigenvalue weighted by Gasteiger charge is -2.02. The molecule has 1 aromatic heterocycles. The summed E-state index contributed by atoms with van der Waals surface area (Å²) in [5, 5.41) is 2.36. The van der Waals surface area contributed by atoms with Crippen molar-refractivity contribution >= 4 is 35.2 Å². The van der Waals surface area contributed by atoms with Crippen LogP contribution in [0.15, 0.2) is 71.1 Å². The molecule has 0 aliphatic carbocycles. The van der Waals surface area contributed by atoms with E-state index >= 15 is 0 Å². The van der Waals surface area contributed by atoms with Crippen molar-refractivity contribution in [2.45, 2.75) is 0 Å². The van der Waals surface area contributed by atoms with Gasteiger partial charge in [0.1, 0.15) is 19.0 Å². The third-order valence-electron chi connectivity index (χ3n) is 3.76. The molecular formula is C18H13BO. The topological polar surface area (TPSA) is 13.1 Å². The smallest absolute Gasteiger partial charge is 0.139 e. The molecule has 20 heavy (non-hydrogen) atoms. The summed E-state index contributed by atoms with van der Waals surface area (Å²) in [5.74, 6) is 0. The minimum absolute atomic E-state index is 0.948. The van der Waals surface area contributed by atoms with Crippen molar-refractivity contribution < 1.29 is 4.42 Å². The van der Waals surface area contributed by atoms with E-state index in [9.17, 15) is 0 Å². The summed E-state index contributed by atoms with van der Waals surface area (Å²) in [6.45, 7) is 0. The van der Waals surface area contributed by atoms with Gasteiger partial charge in [0.25, 0.3) is 0 Å². The summed E-state index contributed by atoms with van der Waals surface area (Å²) in [6, 6.07) is 23.2. The summed E-state index contributed by atoms with van der Waals surface area (Å²) < 4.78 is 5.94. The van der Waals surface area contributed by atoms with E-state index in [-0.39, 0.29) is 0 Å². The van der Waals surface area contributed by atoms with Gasteiger partial charge >= 0.3 is 0 Å². The highest BCUT2D eigenvalue weighted by Gasteiger charge is 2.07. The average molecular weight is 256 g/mol. The summed E-state index contributed by atoms with van der Waals surface area (Å²) in [4.78, 5) is 0. The number of furan rings is 1. The van der Waals surface area contributed by atoms with Crippen molar-refractivity contribution in [2.75, 3.05) is 0 Å². The summed E-state index contributed by atoms with van der Waals surface area (Å²) in [6.07, 6.45) is 0. The van der Waals surface area contributed by atoms with Crippen LogP contribution < -0.4 is 5.46 Å². The molecule has 94 valence electrons. The normalized spacial score (nSPS) is 11.2. The molecule has 0 amide bonds. The van der Waals surface area contributed by atoms with Gasteiger partial charge in [-0.1, -0.05) is 54.0 Å². The number of hydrogen-bond donors (Lipinski definition) is 0. The number of hydrogen-bond acceptors (Lipinski definition) is 1. The molecular weight excluding hydrogens is 243 g/mol. The second-order valence-corrected chi connectivity index (χ2v) is 5.18. The maximum atomic E-state index is 5.94. The highest BCUT2D eigenvalue weighted by molar-refractivity contribution is 6.32. The van der Waals surface area contributed by atoms with E-state index in [0.29, 0.717) is 0 Å². The molecule has 0 radical (unpaired) electrons. The molecule has 0 fully saturated rings. The molecule has 0 atom stereocenters. The van der Waals surface area contributed by atoms with Crippen molar-refractivity contribution in [1.29, 1.82) is 0 Å². The largest absolute Gasteiger partial charge is 0.456 e. The number of benzene rings is 3. The van der Waals surface area contributed by atoms with Gasteiger partial charge in [-0.05, 0) is 29.3 Å². The molecule has 3 aromatic carbocycles. The second-order valence-electron chi connectivity index (χ2n) is 5.18. The predicted octanol–water partition coefficient (Wildman–Crippen LogP) is 3.51. The lowest BCUT2D eigenvalue weighted by atomic mass is 9.93. The Hall–Kier alpha value is -2.48. The standard InChI is InChI=1S/C18H13BO/c19-14-8-5-12(6-9-14)13-7-10-16-15-3-1-2-4-17(15)20-18(16)11-13/h1-11H,19H2. The van der Waals surface area contributed by atoms with Crippen LogP contribution in [0.25, 0.3) is 33.1 Å². The minimum atomic E-state index is 0.948. The zero-order chi connectivity index (χ0) is 13.5. The first-order valence-electron chi connectivity index (χ1n) is 6.79. The summed E-state index contributed by atoms with van der Waals surface area (Å²) in [5.41, 5.74) is 5.58. The van der Waals surface area contributed by atoms with Gasteiger partial charge in [0.15, 0.2) is 0 Å². The van der Waals surface area contributed by atoms with E-state index in [1.165, 1.54) is 27.4 Å². The van der Waals surface area contributed by atoms with Crippen LogP contribution in [0.2, 0.25) is 0 Å². The molecule has 0 saturated carbocycles. The first kappa shape index (κ1) is 11.4. The number of para-hydroxylation sites is 1. The van der Waals surface area contributed by atoms with Gasteiger partial charge in [-0.25, -0.2) is 0 Å². The van der Waals surface area contributed by atoms with E-state index in [2.05, 4.69) is 56.4 Å². The molecule has 1 nitrogen and oxygen atoms in total. The fraction of sp³-hybridized carbons (Fsp3) is 0. The Morgan fingerprint density at radius 2 is 1.35 bits per heavy atom. The van der Waals surface area contributed by atoms with E-state index in [1.54, 1.807) is 0 Å². The van der Waals surface area contributed by atoms with Gasteiger partial charge in [0.05, 0.1) is 0 Å². The molecule has 4 rings (SSSR count). The van der Waals surface area contributed by atoms with Crippen LogP contribution >= 0.6 is 0 Å². The van der Waals surface area contributed by atoms with E-state index in [4.69, 9.17) is 4.42 Å². The zero-order valence-electron chi connectivity index (χ0n) is 11.3. The number of fused-ring (bicyclic) bond motifs is 3. The molecule has 0 N–H and O–H groups in total. The molecule has 4 aromatic rings. The monoisotopic (exact) mass is 256 g/mol. The summed E-state index contributed by atoms with van der Waals surface area (Å²) >= 11 is 0. The van der Waals surface area contributed by atoms with E-state index < -0.39 is 0 Å².